The minimum Gasteiger partial charge on any atom is -0.354 e. The molecule has 0 bridgehead atoms. The summed E-state index contributed by atoms with van der Waals surface area (Å²) in [5.41, 5.74) is 0.971. The molecule has 2 heterocycles. The van der Waals surface area contributed by atoms with Gasteiger partial charge in [0.05, 0.1) is 11.2 Å². The standard InChI is InChI=1S/C13H18ClN5O/c1-10-4-6-16-19(10)11(2)13(20)15-5-3-7-18-9-12(14)8-17-18/h4,6,8-9,11H,3,5,7H2,1-2H3,(H,15,20). The zero-order chi connectivity index (χ0) is 14.5. The van der Waals surface area contributed by atoms with Crippen molar-refractivity contribution < 1.29 is 4.79 Å². The van der Waals surface area contributed by atoms with E-state index >= 15 is 0 Å². The molecule has 108 valence electrons. The van der Waals surface area contributed by atoms with Crippen LogP contribution in [0.25, 0.3) is 0 Å². The van der Waals surface area contributed by atoms with Gasteiger partial charge >= 0.3 is 0 Å². The molecule has 0 fully saturated rings. The molecule has 20 heavy (non-hydrogen) atoms. The van der Waals surface area contributed by atoms with E-state index in [-0.39, 0.29) is 11.9 Å². The van der Waals surface area contributed by atoms with Gasteiger partial charge in [0.25, 0.3) is 0 Å². The summed E-state index contributed by atoms with van der Waals surface area (Å²) in [6.45, 7) is 5.09. The Hall–Kier alpha value is -1.82. The lowest BCUT2D eigenvalue weighted by Crippen LogP contribution is -2.33. The summed E-state index contributed by atoms with van der Waals surface area (Å²) >= 11 is 5.77. The number of halogens is 1. The van der Waals surface area contributed by atoms with Gasteiger partial charge in [-0.05, 0) is 26.3 Å². The van der Waals surface area contributed by atoms with Gasteiger partial charge in [0.15, 0.2) is 0 Å². The predicted octanol–water partition coefficient (Wildman–Crippen LogP) is 1.81. The normalized spacial score (nSPS) is 12.3. The van der Waals surface area contributed by atoms with Crippen LogP contribution in [0.5, 0.6) is 0 Å². The van der Waals surface area contributed by atoms with Crippen molar-refractivity contribution in [2.45, 2.75) is 32.9 Å². The van der Waals surface area contributed by atoms with Gasteiger partial charge in [-0.3, -0.25) is 14.2 Å². The number of carbonyl (C=O) groups excluding carboxylic acids is 1. The molecule has 2 rings (SSSR count). The van der Waals surface area contributed by atoms with Crippen LogP contribution in [-0.2, 0) is 11.3 Å². The summed E-state index contributed by atoms with van der Waals surface area (Å²) < 4.78 is 3.47. The van der Waals surface area contributed by atoms with Crippen LogP contribution in [0.1, 0.15) is 25.1 Å². The molecule has 7 heteroatoms. The van der Waals surface area contributed by atoms with Gasteiger partial charge < -0.3 is 5.32 Å². The van der Waals surface area contributed by atoms with Crippen molar-refractivity contribution in [3.63, 3.8) is 0 Å². The number of nitrogens with one attached hydrogen (secondary N) is 1. The Morgan fingerprint density at radius 2 is 2.30 bits per heavy atom. The first-order valence-corrected chi connectivity index (χ1v) is 6.91. The summed E-state index contributed by atoms with van der Waals surface area (Å²) in [6.07, 6.45) is 5.86. The Bertz CT molecular complexity index is 577. The van der Waals surface area contributed by atoms with Gasteiger partial charge in [0.2, 0.25) is 5.91 Å². The molecule has 6 nitrogen and oxygen atoms in total. The fraction of sp³-hybridized carbons (Fsp3) is 0.462. The molecule has 1 unspecified atom stereocenters. The smallest absolute Gasteiger partial charge is 0.244 e. The minimum absolute atomic E-state index is 0.0321. The molecule has 0 saturated heterocycles. The highest BCUT2D eigenvalue weighted by Gasteiger charge is 2.15. The van der Waals surface area contributed by atoms with Gasteiger partial charge in [-0.1, -0.05) is 11.6 Å². The van der Waals surface area contributed by atoms with E-state index < -0.39 is 0 Å². The van der Waals surface area contributed by atoms with E-state index in [2.05, 4.69) is 15.5 Å². The van der Waals surface area contributed by atoms with Gasteiger partial charge in [-0.25, -0.2) is 0 Å². The first-order chi connectivity index (χ1) is 9.58. The van der Waals surface area contributed by atoms with Crippen molar-refractivity contribution in [1.29, 1.82) is 0 Å². The first kappa shape index (κ1) is 14.6. The monoisotopic (exact) mass is 295 g/mol. The van der Waals surface area contributed by atoms with E-state index in [4.69, 9.17) is 11.6 Å². The third-order valence-electron chi connectivity index (χ3n) is 3.08. The van der Waals surface area contributed by atoms with Crippen LogP contribution in [0.2, 0.25) is 5.02 Å². The minimum atomic E-state index is -0.302. The van der Waals surface area contributed by atoms with Crippen LogP contribution in [-0.4, -0.2) is 32.0 Å². The largest absolute Gasteiger partial charge is 0.354 e. The average molecular weight is 296 g/mol. The molecular weight excluding hydrogens is 278 g/mol. The van der Waals surface area contributed by atoms with Crippen molar-refractivity contribution in [3.8, 4) is 0 Å². The van der Waals surface area contributed by atoms with Gasteiger partial charge in [0.1, 0.15) is 6.04 Å². The summed E-state index contributed by atoms with van der Waals surface area (Å²) in [6, 6.07) is 1.58. The third-order valence-corrected chi connectivity index (χ3v) is 3.27. The van der Waals surface area contributed by atoms with Crippen LogP contribution in [0.15, 0.2) is 24.7 Å². The van der Waals surface area contributed by atoms with E-state index in [1.807, 2.05) is 19.9 Å². The number of aromatic nitrogens is 4. The van der Waals surface area contributed by atoms with Crippen LogP contribution in [0.3, 0.4) is 0 Å². The molecule has 0 saturated carbocycles. The topological polar surface area (TPSA) is 64.7 Å². The maximum atomic E-state index is 12.0. The lowest BCUT2D eigenvalue weighted by Gasteiger charge is -2.14. The molecule has 0 aliphatic carbocycles. The molecule has 0 radical (unpaired) electrons. The van der Waals surface area contributed by atoms with Crippen molar-refractivity contribution in [1.82, 2.24) is 24.9 Å². The second kappa shape index (κ2) is 6.56. The van der Waals surface area contributed by atoms with Crippen molar-refractivity contribution in [2.75, 3.05) is 6.54 Å². The van der Waals surface area contributed by atoms with Crippen LogP contribution in [0, 0.1) is 6.92 Å². The molecule has 0 aromatic carbocycles. The number of amides is 1. The lowest BCUT2D eigenvalue weighted by atomic mass is 10.3. The number of hydrogen-bond donors (Lipinski definition) is 1. The lowest BCUT2D eigenvalue weighted by molar-refractivity contribution is -0.124. The maximum absolute atomic E-state index is 12.0. The Kier molecular flexibility index (Phi) is 4.79. The Morgan fingerprint density at radius 1 is 1.50 bits per heavy atom. The molecule has 2 aromatic heterocycles. The summed E-state index contributed by atoms with van der Waals surface area (Å²) in [5.74, 6) is -0.0321. The molecule has 0 aliphatic rings. The predicted molar refractivity (Wildman–Crippen MR) is 76.5 cm³/mol. The Balaban J connectivity index is 1.74. The first-order valence-electron chi connectivity index (χ1n) is 6.53. The van der Waals surface area contributed by atoms with E-state index in [0.717, 1.165) is 18.7 Å². The highest BCUT2D eigenvalue weighted by molar-refractivity contribution is 6.30. The average Bonchev–Trinajstić information content (AvgIpc) is 3.02. The van der Waals surface area contributed by atoms with Crippen LogP contribution in [0.4, 0.5) is 0 Å². The number of carbonyl (C=O) groups is 1. The quantitative estimate of drug-likeness (QED) is 0.827. The number of aryl methyl sites for hydroxylation is 2. The Morgan fingerprint density at radius 3 is 2.90 bits per heavy atom. The maximum Gasteiger partial charge on any atom is 0.244 e. The molecule has 2 aromatic rings. The Labute approximate surface area is 122 Å². The van der Waals surface area contributed by atoms with E-state index in [1.54, 1.807) is 28.0 Å². The molecule has 1 amide bonds. The van der Waals surface area contributed by atoms with Crippen molar-refractivity contribution in [2.24, 2.45) is 0 Å². The van der Waals surface area contributed by atoms with Crippen LogP contribution < -0.4 is 5.32 Å². The molecule has 0 spiro atoms. The van der Waals surface area contributed by atoms with Crippen LogP contribution >= 0.6 is 11.6 Å². The molecule has 1 N–H and O–H groups in total. The second-order valence-electron chi connectivity index (χ2n) is 4.66. The van der Waals surface area contributed by atoms with Crippen molar-refractivity contribution >= 4 is 17.5 Å². The summed E-state index contributed by atoms with van der Waals surface area (Å²) in [7, 11) is 0. The fourth-order valence-corrected chi connectivity index (χ4v) is 2.11. The summed E-state index contributed by atoms with van der Waals surface area (Å²) in [5, 5.41) is 11.7. The second-order valence-corrected chi connectivity index (χ2v) is 5.10. The number of nitrogens with zero attached hydrogens (tertiary/aromatic N) is 4. The fourth-order valence-electron chi connectivity index (χ4n) is 1.96. The number of rotatable bonds is 6. The van der Waals surface area contributed by atoms with E-state index in [9.17, 15) is 4.79 Å². The number of hydrogen-bond acceptors (Lipinski definition) is 3. The highest BCUT2D eigenvalue weighted by atomic mass is 35.5. The molecule has 0 aliphatic heterocycles. The zero-order valence-electron chi connectivity index (χ0n) is 11.6. The van der Waals surface area contributed by atoms with E-state index in [1.165, 1.54) is 0 Å². The SMILES string of the molecule is Cc1ccnn1C(C)C(=O)NCCCn1cc(Cl)cn1. The molecular formula is C13H18ClN5O. The zero-order valence-corrected chi connectivity index (χ0v) is 12.3. The highest BCUT2D eigenvalue weighted by Crippen LogP contribution is 2.08. The van der Waals surface area contributed by atoms with Gasteiger partial charge in [0, 0.05) is 31.2 Å². The third kappa shape index (κ3) is 3.60. The van der Waals surface area contributed by atoms with Gasteiger partial charge in [-0.2, -0.15) is 10.2 Å². The molecule has 1 atom stereocenters. The van der Waals surface area contributed by atoms with Crippen molar-refractivity contribution in [3.05, 3.63) is 35.4 Å². The summed E-state index contributed by atoms with van der Waals surface area (Å²) in [4.78, 5) is 12.0. The van der Waals surface area contributed by atoms with Gasteiger partial charge in [-0.15, -0.1) is 0 Å². The van der Waals surface area contributed by atoms with E-state index in [0.29, 0.717) is 11.6 Å².